The molecule has 1 N–H and O–H groups in total. The third-order valence-corrected chi connectivity index (χ3v) is 4.72. The molecule has 1 saturated heterocycles. The number of nitrogens with zero attached hydrogens (tertiary/aromatic N) is 2. The minimum Gasteiger partial charge on any atom is -0.324 e. The highest BCUT2D eigenvalue weighted by Crippen LogP contribution is 2.15. The van der Waals surface area contributed by atoms with Crippen LogP contribution in [-0.4, -0.2) is 45.7 Å². The molecule has 1 aromatic rings. The maximum absolute atomic E-state index is 12.2. The molecule has 1 atom stereocenters. The Kier molecular flexibility index (Phi) is 4.88. The van der Waals surface area contributed by atoms with Crippen LogP contribution in [0.3, 0.4) is 0 Å². The lowest BCUT2D eigenvalue weighted by Gasteiger charge is -2.31. The zero-order valence-electron chi connectivity index (χ0n) is 11.3. The number of benzene rings is 1. The van der Waals surface area contributed by atoms with Gasteiger partial charge in [0.2, 0.25) is 5.91 Å². The number of carbonyl (C=O) groups is 1. The summed E-state index contributed by atoms with van der Waals surface area (Å²) in [5, 5.41) is 11.8. The topological polar surface area (TPSA) is 73.2 Å². The van der Waals surface area contributed by atoms with Crippen LogP contribution in [-0.2, 0) is 15.6 Å². The molecule has 2 rings (SSSR count). The van der Waals surface area contributed by atoms with E-state index in [0.29, 0.717) is 35.8 Å². The summed E-state index contributed by atoms with van der Waals surface area (Å²) in [7, 11) is -0.750. The van der Waals surface area contributed by atoms with Crippen molar-refractivity contribution in [1.82, 2.24) is 4.90 Å². The van der Waals surface area contributed by atoms with Crippen LogP contribution >= 0.6 is 0 Å². The van der Waals surface area contributed by atoms with Crippen LogP contribution in [0.1, 0.15) is 12.5 Å². The van der Waals surface area contributed by atoms with E-state index < -0.39 is 10.8 Å². The molecule has 0 aliphatic carbocycles. The number of hydrogen-bond acceptors (Lipinski definition) is 4. The number of nitriles is 1. The fourth-order valence-corrected chi connectivity index (χ4v) is 3.21. The van der Waals surface area contributed by atoms with E-state index in [1.54, 1.807) is 24.3 Å². The van der Waals surface area contributed by atoms with E-state index in [-0.39, 0.29) is 11.9 Å². The van der Waals surface area contributed by atoms with Crippen LogP contribution in [0.15, 0.2) is 24.3 Å². The summed E-state index contributed by atoms with van der Waals surface area (Å²) >= 11 is 0. The van der Waals surface area contributed by atoms with E-state index in [1.165, 1.54) is 0 Å². The highest BCUT2D eigenvalue weighted by molar-refractivity contribution is 7.85. The van der Waals surface area contributed by atoms with Gasteiger partial charge in [-0.3, -0.25) is 13.9 Å². The Morgan fingerprint density at radius 2 is 2.05 bits per heavy atom. The largest absolute Gasteiger partial charge is 0.324 e. The third-order valence-electron chi connectivity index (χ3n) is 3.44. The molecule has 1 aromatic carbocycles. The van der Waals surface area contributed by atoms with E-state index in [1.807, 2.05) is 11.8 Å². The van der Waals surface area contributed by atoms with E-state index in [2.05, 4.69) is 11.4 Å². The van der Waals surface area contributed by atoms with Crippen LogP contribution in [0.25, 0.3) is 0 Å². The van der Waals surface area contributed by atoms with Gasteiger partial charge in [0.05, 0.1) is 17.3 Å². The van der Waals surface area contributed by atoms with E-state index in [0.717, 1.165) is 0 Å². The average Bonchev–Trinajstić information content (AvgIpc) is 2.48. The van der Waals surface area contributed by atoms with Crippen molar-refractivity contribution in [3.8, 4) is 6.07 Å². The lowest BCUT2D eigenvalue weighted by Crippen LogP contribution is -2.48. The average molecular weight is 291 g/mol. The van der Waals surface area contributed by atoms with Crippen LogP contribution in [0.4, 0.5) is 5.69 Å². The van der Waals surface area contributed by atoms with Gasteiger partial charge in [-0.05, 0) is 19.1 Å². The van der Waals surface area contributed by atoms with Crippen LogP contribution in [0.5, 0.6) is 0 Å². The summed E-state index contributed by atoms with van der Waals surface area (Å²) in [6.07, 6.45) is 0. The molecule has 1 aliphatic rings. The molecule has 0 bridgehead atoms. The van der Waals surface area contributed by atoms with Crippen LogP contribution in [0.2, 0.25) is 0 Å². The molecule has 1 heterocycles. The first kappa shape index (κ1) is 14.7. The first-order valence-corrected chi connectivity index (χ1v) is 7.99. The van der Waals surface area contributed by atoms with Gasteiger partial charge in [-0.1, -0.05) is 12.1 Å². The molecule has 5 nitrogen and oxygen atoms in total. The molecule has 20 heavy (non-hydrogen) atoms. The maximum Gasteiger partial charge on any atom is 0.241 e. The predicted octanol–water partition coefficient (Wildman–Crippen LogP) is 0.950. The molecule has 106 valence electrons. The summed E-state index contributed by atoms with van der Waals surface area (Å²) < 4.78 is 11.3. The molecule has 1 amide bonds. The second-order valence-corrected chi connectivity index (χ2v) is 6.40. The van der Waals surface area contributed by atoms with Crippen molar-refractivity contribution in [3.05, 3.63) is 29.8 Å². The minimum absolute atomic E-state index is 0.139. The summed E-state index contributed by atoms with van der Waals surface area (Å²) in [5.41, 5.74) is 0.986. The number of nitrogens with one attached hydrogen (secondary N) is 1. The van der Waals surface area contributed by atoms with Gasteiger partial charge in [-0.2, -0.15) is 5.26 Å². The smallest absolute Gasteiger partial charge is 0.241 e. The number of rotatable bonds is 3. The number of amides is 1. The van der Waals surface area contributed by atoms with Crippen molar-refractivity contribution in [3.63, 3.8) is 0 Å². The summed E-state index contributed by atoms with van der Waals surface area (Å²) in [4.78, 5) is 14.2. The van der Waals surface area contributed by atoms with Crippen LogP contribution in [0, 0.1) is 11.3 Å². The van der Waals surface area contributed by atoms with Crippen molar-refractivity contribution in [1.29, 1.82) is 5.26 Å². The predicted molar refractivity (Wildman–Crippen MR) is 78.7 cm³/mol. The Bertz CT molecular complexity index is 558. The fraction of sp³-hybridized carbons (Fsp3) is 0.429. The number of hydrogen-bond donors (Lipinski definition) is 1. The number of anilines is 1. The molecule has 0 radical (unpaired) electrons. The molecule has 1 aliphatic heterocycles. The standard InChI is InChI=1S/C14H17N3O2S/c1-11(17-6-8-20(19)9-7-17)14(18)16-13-5-3-2-4-12(13)10-15/h2-5,11H,6-9H2,1H3,(H,16,18). The summed E-state index contributed by atoms with van der Waals surface area (Å²) in [6.45, 7) is 3.17. The summed E-state index contributed by atoms with van der Waals surface area (Å²) in [6, 6.07) is 8.70. The monoisotopic (exact) mass is 291 g/mol. The molecule has 0 aromatic heterocycles. The van der Waals surface area contributed by atoms with Crippen molar-refractivity contribution in [2.24, 2.45) is 0 Å². The third kappa shape index (κ3) is 3.44. The molecular weight excluding hydrogens is 274 g/mol. The zero-order valence-corrected chi connectivity index (χ0v) is 12.2. The van der Waals surface area contributed by atoms with Gasteiger partial charge in [0, 0.05) is 35.4 Å². The maximum atomic E-state index is 12.2. The Morgan fingerprint density at radius 3 is 2.70 bits per heavy atom. The molecule has 0 spiro atoms. The molecular formula is C14H17N3O2S. The van der Waals surface area contributed by atoms with E-state index >= 15 is 0 Å². The fourth-order valence-electron chi connectivity index (χ4n) is 2.13. The summed E-state index contributed by atoms with van der Waals surface area (Å²) in [5.74, 6) is 1.10. The van der Waals surface area contributed by atoms with Gasteiger partial charge >= 0.3 is 0 Å². The van der Waals surface area contributed by atoms with Crippen molar-refractivity contribution < 1.29 is 9.00 Å². The normalized spacial score (nSPS) is 18.2. The van der Waals surface area contributed by atoms with Crippen molar-refractivity contribution >= 4 is 22.4 Å². The van der Waals surface area contributed by atoms with E-state index in [4.69, 9.17) is 5.26 Å². The molecule has 0 saturated carbocycles. The first-order valence-electron chi connectivity index (χ1n) is 6.51. The number of para-hydroxylation sites is 1. The number of carbonyl (C=O) groups excluding carboxylic acids is 1. The second kappa shape index (κ2) is 6.64. The van der Waals surface area contributed by atoms with Crippen LogP contribution < -0.4 is 5.32 Å². The van der Waals surface area contributed by atoms with Crippen molar-refractivity contribution in [2.75, 3.05) is 29.9 Å². The minimum atomic E-state index is -0.750. The lowest BCUT2D eigenvalue weighted by atomic mass is 10.2. The lowest BCUT2D eigenvalue weighted by molar-refractivity contribution is -0.120. The molecule has 6 heteroatoms. The Labute approximate surface area is 121 Å². The Hall–Kier alpha value is -1.71. The molecule has 1 unspecified atom stereocenters. The highest BCUT2D eigenvalue weighted by Gasteiger charge is 2.25. The van der Waals surface area contributed by atoms with Gasteiger partial charge in [0.15, 0.2) is 0 Å². The first-order chi connectivity index (χ1) is 9.61. The van der Waals surface area contributed by atoms with Crippen molar-refractivity contribution in [2.45, 2.75) is 13.0 Å². The highest BCUT2D eigenvalue weighted by atomic mass is 32.2. The van der Waals surface area contributed by atoms with Gasteiger partial charge < -0.3 is 5.32 Å². The SMILES string of the molecule is CC(C(=O)Nc1ccccc1C#N)N1CCS(=O)CC1. The quantitative estimate of drug-likeness (QED) is 0.900. The van der Waals surface area contributed by atoms with E-state index in [9.17, 15) is 9.00 Å². The Morgan fingerprint density at radius 1 is 1.40 bits per heavy atom. The second-order valence-electron chi connectivity index (χ2n) is 4.71. The van der Waals surface area contributed by atoms with Gasteiger partial charge in [0.1, 0.15) is 6.07 Å². The Balaban J connectivity index is 2.01. The van der Waals surface area contributed by atoms with Gasteiger partial charge in [-0.15, -0.1) is 0 Å². The van der Waals surface area contributed by atoms with Gasteiger partial charge in [-0.25, -0.2) is 0 Å². The zero-order chi connectivity index (χ0) is 14.5. The molecule has 1 fully saturated rings. The van der Waals surface area contributed by atoms with Gasteiger partial charge in [0.25, 0.3) is 0 Å².